The highest BCUT2D eigenvalue weighted by atomic mass is 127. The lowest BCUT2D eigenvalue weighted by Gasteiger charge is -2.31. The van der Waals surface area contributed by atoms with Gasteiger partial charge < -0.3 is 20.2 Å². The molecular weight excluding hydrogens is 503 g/mol. The Morgan fingerprint density at radius 3 is 2.68 bits per heavy atom. The predicted octanol–water partition coefficient (Wildman–Crippen LogP) is 4.09. The molecule has 2 heterocycles. The van der Waals surface area contributed by atoms with Gasteiger partial charge in [-0.3, -0.25) is 4.90 Å². The molecule has 1 aromatic heterocycles. The third-order valence-electron chi connectivity index (χ3n) is 5.66. The van der Waals surface area contributed by atoms with Gasteiger partial charge in [-0.15, -0.1) is 24.0 Å². The number of aliphatic imine (C=N–C) groups is 1. The lowest BCUT2D eigenvalue weighted by atomic mass is 9.99. The van der Waals surface area contributed by atoms with E-state index < -0.39 is 5.60 Å². The van der Waals surface area contributed by atoms with Crippen LogP contribution in [0.1, 0.15) is 50.5 Å². The fraction of sp³-hybridized carbons (Fsp3) is 0.542. The number of benzene rings is 1. The van der Waals surface area contributed by atoms with Gasteiger partial charge in [0, 0.05) is 19.6 Å². The maximum Gasteiger partial charge on any atom is 0.191 e. The molecule has 172 valence electrons. The van der Waals surface area contributed by atoms with Crippen LogP contribution in [0.4, 0.5) is 0 Å². The van der Waals surface area contributed by atoms with Crippen molar-refractivity contribution in [2.24, 2.45) is 10.9 Å². The van der Waals surface area contributed by atoms with Crippen LogP contribution in [-0.4, -0.2) is 42.1 Å². The van der Waals surface area contributed by atoms with E-state index in [1.807, 2.05) is 6.92 Å². The Labute approximate surface area is 203 Å². The van der Waals surface area contributed by atoms with Crippen LogP contribution in [0.25, 0.3) is 0 Å². The van der Waals surface area contributed by atoms with E-state index in [4.69, 9.17) is 9.41 Å². The van der Waals surface area contributed by atoms with Gasteiger partial charge in [-0.1, -0.05) is 31.2 Å². The largest absolute Gasteiger partial charge is 0.466 e. The molecule has 7 heteroatoms. The molecule has 0 aliphatic carbocycles. The summed E-state index contributed by atoms with van der Waals surface area (Å²) in [6.45, 7) is 11.1. The monoisotopic (exact) mass is 540 g/mol. The molecule has 2 aromatic rings. The zero-order chi connectivity index (χ0) is 21.4. The number of piperidine rings is 1. The second kappa shape index (κ2) is 12.5. The number of guanidine groups is 1. The number of likely N-dealkylation sites (tertiary alicyclic amines) is 1. The number of hydrogen-bond acceptors (Lipinski definition) is 4. The third-order valence-corrected chi connectivity index (χ3v) is 5.66. The van der Waals surface area contributed by atoms with Crippen LogP contribution < -0.4 is 10.6 Å². The van der Waals surface area contributed by atoms with Gasteiger partial charge in [0.15, 0.2) is 5.96 Å². The van der Waals surface area contributed by atoms with Crippen LogP contribution in [0, 0.1) is 5.92 Å². The summed E-state index contributed by atoms with van der Waals surface area (Å²) in [5.74, 6) is 1.99. The summed E-state index contributed by atoms with van der Waals surface area (Å²) in [5.41, 5.74) is 1.47. The van der Waals surface area contributed by atoms with E-state index >= 15 is 0 Å². The summed E-state index contributed by atoms with van der Waals surface area (Å²) in [6.07, 6.45) is 4.19. The number of furan rings is 1. The molecule has 1 fully saturated rings. The summed E-state index contributed by atoms with van der Waals surface area (Å²) in [4.78, 5) is 7.33. The molecule has 2 unspecified atom stereocenters. The number of hydrogen-bond donors (Lipinski definition) is 3. The zero-order valence-corrected chi connectivity index (χ0v) is 21.3. The number of nitrogens with zero attached hydrogens (tertiary/aromatic N) is 2. The van der Waals surface area contributed by atoms with Crippen molar-refractivity contribution in [3.05, 3.63) is 59.5 Å². The van der Waals surface area contributed by atoms with Crippen molar-refractivity contribution in [2.75, 3.05) is 26.2 Å². The summed E-state index contributed by atoms with van der Waals surface area (Å²) in [7, 11) is 0. The lowest BCUT2D eigenvalue weighted by Crippen LogP contribution is -2.44. The molecule has 1 saturated heterocycles. The number of rotatable bonds is 8. The van der Waals surface area contributed by atoms with Crippen molar-refractivity contribution in [1.82, 2.24) is 15.5 Å². The highest BCUT2D eigenvalue weighted by Gasteiger charge is 2.26. The molecule has 3 N–H and O–H groups in total. The quantitative estimate of drug-likeness (QED) is 0.267. The Hall–Kier alpha value is -1.58. The van der Waals surface area contributed by atoms with Crippen molar-refractivity contribution in [2.45, 2.75) is 52.3 Å². The van der Waals surface area contributed by atoms with Crippen molar-refractivity contribution < 1.29 is 9.52 Å². The molecule has 0 radical (unpaired) electrons. The Morgan fingerprint density at radius 2 is 2.00 bits per heavy atom. The Morgan fingerprint density at radius 1 is 1.23 bits per heavy atom. The van der Waals surface area contributed by atoms with Gasteiger partial charge in [-0.05, 0) is 62.4 Å². The molecule has 1 aromatic carbocycles. The van der Waals surface area contributed by atoms with E-state index in [0.717, 1.165) is 19.0 Å². The first kappa shape index (κ1) is 25.7. The van der Waals surface area contributed by atoms with Gasteiger partial charge in [-0.25, -0.2) is 4.99 Å². The molecule has 3 rings (SSSR count). The standard InChI is InChI=1S/C24H36N4O2.HI/c1-4-25-23(27-18-24(3,29)22-12-8-14-30-22)26-15-20-10-5-6-11-21(20)17-28-13-7-9-19(2)16-28;/h5-6,8,10-12,14,19,29H,4,7,9,13,15-18H2,1-3H3,(H2,25,26,27);1H. The fourth-order valence-corrected chi connectivity index (χ4v) is 3.97. The van der Waals surface area contributed by atoms with E-state index in [1.54, 1.807) is 25.3 Å². The zero-order valence-electron chi connectivity index (χ0n) is 18.9. The Kier molecular flexibility index (Phi) is 10.3. The van der Waals surface area contributed by atoms with Crippen molar-refractivity contribution >= 4 is 29.9 Å². The average Bonchev–Trinajstić information content (AvgIpc) is 3.27. The van der Waals surface area contributed by atoms with E-state index in [2.05, 4.69) is 46.7 Å². The first-order valence-electron chi connectivity index (χ1n) is 11.1. The fourth-order valence-electron chi connectivity index (χ4n) is 3.97. The number of aliphatic hydroxyl groups is 1. The van der Waals surface area contributed by atoms with E-state index in [-0.39, 0.29) is 24.0 Å². The highest BCUT2D eigenvalue weighted by Crippen LogP contribution is 2.21. The van der Waals surface area contributed by atoms with Crippen LogP contribution >= 0.6 is 24.0 Å². The van der Waals surface area contributed by atoms with Gasteiger partial charge in [0.2, 0.25) is 0 Å². The SMILES string of the molecule is CCNC(=NCc1ccccc1CN1CCCC(C)C1)NCC(C)(O)c1ccco1.I. The Balaban J connectivity index is 0.00000341. The van der Waals surface area contributed by atoms with E-state index in [1.165, 1.54) is 37.1 Å². The van der Waals surface area contributed by atoms with Crippen LogP contribution in [0.3, 0.4) is 0 Å². The molecule has 0 bridgehead atoms. The van der Waals surface area contributed by atoms with Gasteiger partial charge in [-0.2, -0.15) is 0 Å². The summed E-state index contributed by atoms with van der Waals surface area (Å²) < 4.78 is 5.36. The second-order valence-electron chi connectivity index (χ2n) is 8.55. The minimum absolute atomic E-state index is 0. The maximum absolute atomic E-state index is 10.7. The molecule has 2 atom stereocenters. The average molecular weight is 540 g/mol. The maximum atomic E-state index is 10.7. The first-order chi connectivity index (χ1) is 14.5. The van der Waals surface area contributed by atoms with Gasteiger partial charge in [0.1, 0.15) is 11.4 Å². The van der Waals surface area contributed by atoms with Gasteiger partial charge in [0.25, 0.3) is 0 Å². The molecular formula is C24H37IN4O2. The molecule has 1 aliphatic heterocycles. The van der Waals surface area contributed by atoms with Crippen LogP contribution in [0.5, 0.6) is 0 Å². The molecule has 6 nitrogen and oxygen atoms in total. The molecule has 31 heavy (non-hydrogen) atoms. The summed E-state index contributed by atoms with van der Waals surface area (Å²) in [5, 5.41) is 17.2. The minimum atomic E-state index is -1.11. The van der Waals surface area contributed by atoms with E-state index in [0.29, 0.717) is 24.8 Å². The predicted molar refractivity (Wildman–Crippen MR) is 137 cm³/mol. The first-order valence-corrected chi connectivity index (χ1v) is 11.1. The molecule has 0 spiro atoms. The lowest BCUT2D eigenvalue weighted by molar-refractivity contribution is 0.0386. The normalized spacial score (nSPS) is 19.4. The summed E-state index contributed by atoms with van der Waals surface area (Å²) >= 11 is 0. The van der Waals surface area contributed by atoms with Crippen LogP contribution in [-0.2, 0) is 18.7 Å². The third kappa shape index (κ3) is 7.80. The number of nitrogens with one attached hydrogen (secondary N) is 2. The van der Waals surface area contributed by atoms with Crippen molar-refractivity contribution in [3.8, 4) is 0 Å². The van der Waals surface area contributed by atoms with Crippen molar-refractivity contribution in [1.29, 1.82) is 0 Å². The summed E-state index contributed by atoms with van der Waals surface area (Å²) in [6, 6.07) is 12.1. The van der Waals surface area contributed by atoms with Gasteiger partial charge in [0.05, 0.1) is 19.4 Å². The van der Waals surface area contributed by atoms with Crippen LogP contribution in [0.2, 0.25) is 0 Å². The highest BCUT2D eigenvalue weighted by molar-refractivity contribution is 14.0. The minimum Gasteiger partial charge on any atom is -0.466 e. The molecule has 1 aliphatic rings. The number of halogens is 1. The smallest absolute Gasteiger partial charge is 0.191 e. The topological polar surface area (TPSA) is 73.0 Å². The second-order valence-corrected chi connectivity index (χ2v) is 8.55. The molecule has 0 amide bonds. The van der Waals surface area contributed by atoms with Gasteiger partial charge >= 0.3 is 0 Å². The molecule has 0 saturated carbocycles. The van der Waals surface area contributed by atoms with Crippen molar-refractivity contribution in [3.63, 3.8) is 0 Å². The van der Waals surface area contributed by atoms with Crippen LogP contribution in [0.15, 0.2) is 52.1 Å². The Bertz CT molecular complexity index is 808. The van der Waals surface area contributed by atoms with E-state index in [9.17, 15) is 5.11 Å².